The lowest BCUT2D eigenvalue weighted by Gasteiger charge is -2.07. The van der Waals surface area contributed by atoms with Crippen LogP contribution >= 0.6 is 0 Å². The Morgan fingerprint density at radius 2 is 1.63 bits per heavy atom. The van der Waals surface area contributed by atoms with Crippen molar-refractivity contribution in [1.29, 1.82) is 5.26 Å². The first kappa shape index (κ1) is 19.3. The molecule has 8 nitrogen and oxygen atoms in total. The fourth-order valence-corrected chi connectivity index (χ4v) is 2.06. The smallest absolute Gasteiger partial charge is 0.325 e. The minimum absolute atomic E-state index is 0.111. The first-order valence-electron chi connectivity index (χ1n) is 7.98. The Morgan fingerprint density at radius 1 is 0.963 bits per heavy atom. The fourth-order valence-electron chi connectivity index (χ4n) is 2.06. The van der Waals surface area contributed by atoms with Gasteiger partial charge in [0.05, 0.1) is 17.7 Å². The Labute approximate surface area is 155 Å². The first-order valence-corrected chi connectivity index (χ1v) is 7.98. The summed E-state index contributed by atoms with van der Waals surface area (Å²) in [5, 5.41) is 17.8. The number of hydrogen-bond donors (Lipinski definition) is 3. The molecule has 2 aromatic carbocycles. The Morgan fingerprint density at radius 3 is 2.33 bits per heavy atom. The third kappa shape index (κ3) is 6.10. The van der Waals surface area contributed by atoms with Crippen molar-refractivity contribution in [1.82, 2.24) is 5.43 Å². The monoisotopic (exact) mass is 363 g/mol. The summed E-state index contributed by atoms with van der Waals surface area (Å²) in [7, 11) is 0. The number of anilines is 2. The summed E-state index contributed by atoms with van der Waals surface area (Å²) in [6.45, 7) is 1.53. The zero-order chi connectivity index (χ0) is 19.6. The summed E-state index contributed by atoms with van der Waals surface area (Å²) >= 11 is 0. The van der Waals surface area contributed by atoms with Crippen molar-refractivity contribution in [3.63, 3.8) is 0 Å². The Balaban J connectivity index is 1.86. The minimum Gasteiger partial charge on any atom is -0.325 e. The molecule has 0 aliphatic rings. The molecule has 3 N–H and O–H groups in total. The third-order valence-corrected chi connectivity index (χ3v) is 3.32. The van der Waals surface area contributed by atoms with Crippen molar-refractivity contribution >= 4 is 34.8 Å². The Bertz CT molecular complexity index is 916. The number of nitrogens with one attached hydrogen (secondary N) is 3. The van der Waals surface area contributed by atoms with E-state index in [2.05, 4.69) is 21.2 Å². The Kier molecular flexibility index (Phi) is 6.79. The molecule has 0 saturated carbocycles. The highest BCUT2D eigenvalue weighted by Gasteiger charge is 2.13. The molecule has 3 amide bonds. The summed E-state index contributed by atoms with van der Waals surface area (Å²) in [5.74, 6) is -2.22. The lowest BCUT2D eigenvalue weighted by Crippen LogP contribution is -2.33. The molecule has 0 aliphatic heterocycles. The summed E-state index contributed by atoms with van der Waals surface area (Å²) in [4.78, 5) is 35.5. The first-order chi connectivity index (χ1) is 13.0. The molecule has 2 aromatic rings. The summed E-state index contributed by atoms with van der Waals surface area (Å²) < 4.78 is 0. The van der Waals surface area contributed by atoms with Crippen molar-refractivity contribution in [2.75, 3.05) is 10.6 Å². The number of amides is 3. The van der Waals surface area contributed by atoms with E-state index in [0.717, 1.165) is 0 Å². The van der Waals surface area contributed by atoms with Crippen molar-refractivity contribution in [2.24, 2.45) is 5.10 Å². The van der Waals surface area contributed by atoms with Gasteiger partial charge in [0.15, 0.2) is 0 Å². The lowest BCUT2D eigenvalue weighted by molar-refractivity contribution is -0.136. The Hall–Kier alpha value is -3.99. The van der Waals surface area contributed by atoms with Gasteiger partial charge in [0.2, 0.25) is 5.91 Å². The zero-order valence-corrected chi connectivity index (χ0v) is 14.5. The average molecular weight is 363 g/mol. The van der Waals surface area contributed by atoms with Gasteiger partial charge >= 0.3 is 11.8 Å². The van der Waals surface area contributed by atoms with Gasteiger partial charge in [0.1, 0.15) is 6.07 Å². The number of para-hydroxylation sites is 2. The third-order valence-electron chi connectivity index (χ3n) is 3.32. The standard InChI is InChI=1S/C19H17N5O3/c1-13(11-17(25)22-16-10-6-5-7-14(16)12-20)23-24-19(27)18(26)21-15-8-3-2-4-9-15/h2-10H,11H2,1H3,(H,21,26)(H,22,25)(H,24,27). The molecule has 0 aliphatic carbocycles. The van der Waals surface area contributed by atoms with Gasteiger partial charge in [-0.1, -0.05) is 30.3 Å². The molecule has 0 bridgehead atoms. The number of rotatable bonds is 5. The number of carbonyl (C=O) groups is 3. The van der Waals surface area contributed by atoms with E-state index in [0.29, 0.717) is 22.6 Å². The van der Waals surface area contributed by atoms with Crippen LogP contribution in [0.5, 0.6) is 0 Å². The van der Waals surface area contributed by atoms with E-state index in [1.807, 2.05) is 6.07 Å². The molecule has 0 fully saturated rings. The minimum atomic E-state index is -0.951. The van der Waals surface area contributed by atoms with E-state index in [9.17, 15) is 14.4 Å². The summed E-state index contributed by atoms with van der Waals surface area (Å²) in [6, 6.07) is 17.1. The van der Waals surface area contributed by atoms with Crippen molar-refractivity contribution < 1.29 is 14.4 Å². The number of carbonyl (C=O) groups excluding carboxylic acids is 3. The van der Waals surface area contributed by atoms with Gasteiger partial charge in [-0.3, -0.25) is 14.4 Å². The number of hydrogen-bond acceptors (Lipinski definition) is 5. The molecule has 136 valence electrons. The van der Waals surface area contributed by atoms with Crippen LogP contribution in [0.3, 0.4) is 0 Å². The number of nitrogens with zero attached hydrogens (tertiary/aromatic N) is 2. The molecular weight excluding hydrogens is 346 g/mol. The normalized spacial score (nSPS) is 10.4. The second-order valence-corrected chi connectivity index (χ2v) is 5.49. The van der Waals surface area contributed by atoms with E-state index in [1.165, 1.54) is 6.92 Å². The highest BCUT2D eigenvalue weighted by atomic mass is 16.2. The largest absolute Gasteiger partial charge is 0.329 e. The van der Waals surface area contributed by atoms with Crippen molar-refractivity contribution in [2.45, 2.75) is 13.3 Å². The molecule has 0 unspecified atom stereocenters. The van der Waals surface area contributed by atoms with Crippen molar-refractivity contribution in [3.05, 3.63) is 60.2 Å². The van der Waals surface area contributed by atoms with Gasteiger partial charge in [-0.25, -0.2) is 5.43 Å². The van der Waals surface area contributed by atoms with Crippen LogP contribution in [0.1, 0.15) is 18.9 Å². The quantitative estimate of drug-likeness (QED) is 0.427. The highest BCUT2D eigenvalue weighted by molar-refractivity contribution is 6.39. The number of nitriles is 1. The van der Waals surface area contributed by atoms with Crippen LogP contribution in [0, 0.1) is 11.3 Å². The molecule has 0 atom stereocenters. The SMILES string of the molecule is CC(CC(=O)Nc1ccccc1C#N)=NNC(=O)C(=O)Nc1ccccc1. The van der Waals surface area contributed by atoms with Crippen LogP contribution in [-0.4, -0.2) is 23.4 Å². The van der Waals surface area contributed by atoms with Crippen LogP contribution in [0.25, 0.3) is 0 Å². The van der Waals surface area contributed by atoms with E-state index >= 15 is 0 Å². The molecule has 2 rings (SSSR count). The van der Waals surface area contributed by atoms with Gasteiger partial charge < -0.3 is 10.6 Å². The maximum atomic E-state index is 12.0. The zero-order valence-electron chi connectivity index (χ0n) is 14.5. The predicted octanol–water partition coefficient (Wildman–Crippen LogP) is 2.02. The van der Waals surface area contributed by atoms with Gasteiger partial charge in [-0.05, 0) is 31.2 Å². The molecule has 0 saturated heterocycles. The molecule has 0 spiro atoms. The van der Waals surface area contributed by atoms with Crippen LogP contribution in [0.2, 0.25) is 0 Å². The molecule has 0 radical (unpaired) electrons. The molecule has 0 heterocycles. The summed E-state index contributed by atoms with van der Waals surface area (Å²) in [6.07, 6.45) is -0.111. The maximum absolute atomic E-state index is 12.0. The second kappa shape index (κ2) is 9.48. The fraction of sp³-hybridized carbons (Fsp3) is 0.105. The lowest BCUT2D eigenvalue weighted by atomic mass is 10.2. The van der Waals surface area contributed by atoms with E-state index in [1.54, 1.807) is 54.6 Å². The summed E-state index contributed by atoms with van der Waals surface area (Å²) in [5.41, 5.74) is 3.61. The predicted molar refractivity (Wildman–Crippen MR) is 101 cm³/mol. The molecular formula is C19H17N5O3. The van der Waals surface area contributed by atoms with Crippen molar-refractivity contribution in [3.8, 4) is 6.07 Å². The number of benzene rings is 2. The van der Waals surface area contributed by atoms with Gasteiger partial charge in [-0.15, -0.1) is 0 Å². The van der Waals surface area contributed by atoms with Gasteiger partial charge in [0.25, 0.3) is 0 Å². The van der Waals surface area contributed by atoms with E-state index < -0.39 is 17.7 Å². The maximum Gasteiger partial charge on any atom is 0.329 e. The van der Waals surface area contributed by atoms with Crippen LogP contribution in [0.4, 0.5) is 11.4 Å². The van der Waals surface area contributed by atoms with Gasteiger partial charge in [-0.2, -0.15) is 10.4 Å². The molecule has 0 aromatic heterocycles. The van der Waals surface area contributed by atoms with Crippen LogP contribution in [-0.2, 0) is 14.4 Å². The van der Waals surface area contributed by atoms with E-state index in [4.69, 9.17) is 5.26 Å². The van der Waals surface area contributed by atoms with Gasteiger partial charge in [0, 0.05) is 11.4 Å². The van der Waals surface area contributed by atoms with Crippen LogP contribution in [0.15, 0.2) is 59.7 Å². The highest BCUT2D eigenvalue weighted by Crippen LogP contribution is 2.13. The topological polar surface area (TPSA) is 123 Å². The van der Waals surface area contributed by atoms with E-state index in [-0.39, 0.29) is 6.42 Å². The second-order valence-electron chi connectivity index (χ2n) is 5.49. The number of hydrazone groups is 1. The average Bonchev–Trinajstić information content (AvgIpc) is 2.67. The molecule has 8 heteroatoms. The van der Waals surface area contributed by atoms with Crippen LogP contribution < -0.4 is 16.1 Å². The molecule has 27 heavy (non-hydrogen) atoms.